The van der Waals surface area contributed by atoms with Crippen LogP contribution < -0.4 is 5.32 Å². The van der Waals surface area contributed by atoms with Crippen molar-refractivity contribution in [2.45, 2.75) is 26.8 Å². The zero-order chi connectivity index (χ0) is 14.8. The molecule has 3 rings (SSSR count). The highest BCUT2D eigenvalue weighted by molar-refractivity contribution is 7.18. The van der Waals surface area contributed by atoms with Crippen LogP contribution in [0, 0.1) is 6.92 Å². The number of hydrogen-bond donors (Lipinski definition) is 1. The highest BCUT2D eigenvalue weighted by atomic mass is 35.5. The first-order valence-corrected chi connectivity index (χ1v) is 7.96. The summed E-state index contributed by atoms with van der Waals surface area (Å²) in [6, 6.07) is 6.19. The van der Waals surface area contributed by atoms with Crippen molar-refractivity contribution >= 4 is 39.0 Å². The summed E-state index contributed by atoms with van der Waals surface area (Å²) in [5.74, 6) is 0.779. The fourth-order valence-electron chi connectivity index (χ4n) is 2.04. The number of aromatic nitrogens is 3. The van der Waals surface area contributed by atoms with E-state index in [1.54, 1.807) is 11.3 Å². The van der Waals surface area contributed by atoms with E-state index in [1.165, 1.54) is 4.88 Å². The van der Waals surface area contributed by atoms with E-state index in [0.717, 1.165) is 33.7 Å². The average Bonchev–Trinajstić information content (AvgIpc) is 2.89. The minimum Gasteiger partial charge on any atom is -0.365 e. The third-order valence-electron chi connectivity index (χ3n) is 3.20. The molecule has 6 heteroatoms. The van der Waals surface area contributed by atoms with Gasteiger partial charge in [0.1, 0.15) is 10.6 Å². The molecule has 3 aromatic rings. The van der Waals surface area contributed by atoms with Crippen molar-refractivity contribution in [2.24, 2.45) is 0 Å². The second-order valence-electron chi connectivity index (χ2n) is 4.79. The first kappa shape index (κ1) is 14.2. The van der Waals surface area contributed by atoms with E-state index >= 15 is 0 Å². The van der Waals surface area contributed by atoms with Crippen LogP contribution in [0.4, 0.5) is 5.82 Å². The number of thiophene rings is 1. The molecule has 108 valence electrons. The minimum atomic E-state index is 0.275. The summed E-state index contributed by atoms with van der Waals surface area (Å²) < 4.78 is 0. The van der Waals surface area contributed by atoms with Crippen LogP contribution in [0.3, 0.4) is 0 Å². The fourth-order valence-corrected chi connectivity index (χ4v) is 3.23. The van der Waals surface area contributed by atoms with Gasteiger partial charge in [-0.05, 0) is 42.6 Å². The van der Waals surface area contributed by atoms with Gasteiger partial charge >= 0.3 is 0 Å². The third-order valence-corrected chi connectivity index (χ3v) is 4.54. The van der Waals surface area contributed by atoms with Gasteiger partial charge in [-0.3, -0.25) is 4.98 Å². The predicted molar refractivity (Wildman–Crippen MR) is 88.1 cm³/mol. The molecule has 0 spiro atoms. The number of hydrogen-bond acceptors (Lipinski definition) is 5. The summed E-state index contributed by atoms with van der Waals surface area (Å²) in [5, 5.41) is 4.64. The number of rotatable bonds is 4. The second kappa shape index (κ2) is 5.95. The molecule has 0 aromatic carbocycles. The Hall–Kier alpha value is -1.72. The lowest BCUT2D eigenvalue weighted by Gasteiger charge is -2.07. The molecule has 0 fully saturated rings. The summed E-state index contributed by atoms with van der Waals surface area (Å²) in [7, 11) is 0. The van der Waals surface area contributed by atoms with Crippen molar-refractivity contribution in [1.29, 1.82) is 0 Å². The lowest BCUT2D eigenvalue weighted by atomic mass is 10.2. The van der Waals surface area contributed by atoms with E-state index in [9.17, 15) is 0 Å². The van der Waals surface area contributed by atoms with Crippen molar-refractivity contribution in [3.05, 3.63) is 45.8 Å². The minimum absolute atomic E-state index is 0.275. The maximum absolute atomic E-state index is 6.01. The molecule has 0 bridgehead atoms. The van der Waals surface area contributed by atoms with Crippen LogP contribution in [0.1, 0.15) is 23.1 Å². The van der Waals surface area contributed by atoms with Crippen molar-refractivity contribution in [3.8, 4) is 0 Å². The maximum atomic E-state index is 6.01. The molecule has 4 nitrogen and oxygen atoms in total. The molecule has 0 aliphatic carbocycles. The van der Waals surface area contributed by atoms with Gasteiger partial charge in [-0.15, -0.1) is 11.3 Å². The Bertz CT molecular complexity index is 767. The van der Waals surface area contributed by atoms with Gasteiger partial charge in [0, 0.05) is 23.3 Å². The van der Waals surface area contributed by atoms with E-state index in [2.05, 4.69) is 39.3 Å². The normalized spacial score (nSPS) is 11.0. The topological polar surface area (TPSA) is 50.7 Å². The van der Waals surface area contributed by atoms with E-state index in [-0.39, 0.29) is 5.28 Å². The van der Waals surface area contributed by atoms with E-state index in [0.29, 0.717) is 6.54 Å². The first-order chi connectivity index (χ1) is 10.2. The smallest absolute Gasteiger partial charge is 0.225 e. The molecule has 0 amide bonds. The number of fused-ring (bicyclic) bond motifs is 1. The summed E-state index contributed by atoms with van der Waals surface area (Å²) in [4.78, 5) is 15.1. The van der Waals surface area contributed by atoms with Crippen molar-refractivity contribution < 1.29 is 0 Å². The Morgan fingerprint density at radius 1 is 1.29 bits per heavy atom. The number of halogens is 1. The standard InChI is InChI=1S/C15H15ClN4S/c1-3-11-6-12-13(19-15(16)20-14(12)21-11)18-8-10-5-4-9(2)17-7-10/h4-7H,3,8H2,1-2H3,(H,18,19,20). The monoisotopic (exact) mass is 318 g/mol. The molecule has 0 aliphatic rings. The average molecular weight is 319 g/mol. The molecular weight excluding hydrogens is 304 g/mol. The molecule has 0 unspecified atom stereocenters. The van der Waals surface area contributed by atoms with Crippen LogP contribution in [-0.2, 0) is 13.0 Å². The zero-order valence-corrected chi connectivity index (χ0v) is 13.4. The fraction of sp³-hybridized carbons (Fsp3) is 0.267. The molecule has 21 heavy (non-hydrogen) atoms. The third kappa shape index (κ3) is 3.14. The summed E-state index contributed by atoms with van der Waals surface area (Å²) in [5.41, 5.74) is 2.12. The van der Waals surface area contributed by atoms with Gasteiger partial charge in [-0.1, -0.05) is 13.0 Å². The van der Waals surface area contributed by atoms with Crippen LogP contribution in [0.2, 0.25) is 5.28 Å². The SMILES string of the molecule is CCc1cc2c(NCc3ccc(C)nc3)nc(Cl)nc2s1. The van der Waals surface area contributed by atoms with Gasteiger partial charge in [0.2, 0.25) is 5.28 Å². The summed E-state index contributed by atoms with van der Waals surface area (Å²) in [6.07, 6.45) is 2.85. The number of nitrogens with zero attached hydrogens (tertiary/aromatic N) is 3. The Morgan fingerprint density at radius 3 is 2.86 bits per heavy atom. The van der Waals surface area contributed by atoms with Crippen LogP contribution in [0.25, 0.3) is 10.2 Å². The number of pyridine rings is 1. The summed E-state index contributed by atoms with van der Waals surface area (Å²) >= 11 is 7.67. The number of nitrogens with one attached hydrogen (secondary N) is 1. The number of anilines is 1. The van der Waals surface area contributed by atoms with Gasteiger partial charge in [0.05, 0.1) is 5.39 Å². The molecule has 1 N–H and O–H groups in total. The van der Waals surface area contributed by atoms with Crippen LogP contribution in [0.15, 0.2) is 24.4 Å². The first-order valence-electron chi connectivity index (χ1n) is 6.77. The molecule has 3 aromatic heterocycles. The maximum Gasteiger partial charge on any atom is 0.225 e. The van der Waals surface area contributed by atoms with Crippen molar-refractivity contribution in [3.63, 3.8) is 0 Å². The largest absolute Gasteiger partial charge is 0.365 e. The Balaban J connectivity index is 1.88. The van der Waals surface area contributed by atoms with E-state index in [4.69, 9.17) is 11.6 Å². The Labute approximate surface area is 132 Å². The molecule has 0 atom stereocenters. The quantitative estimate of drug-likeness (QED) is 0.732. The van der Waals surface area contributed by atoms with Gasteiger partial charge in [-0.2, -0.15) is 0 Å². The van der Waals surface area contributed by atoms with Crippen LogP contribution in [-0.4, -0.2) is 15.0 Å². The molecule has 0 saturated heterocycles. The van der Waals surface area contributed by atoms with E-state index in [1.807, 2.05) is 19.2 Å². The van der Waals surface area contributed by atoms with Gasteiger partial charge < -0.3 is 5.32 Å². The molecule has 3 heterocycles. The highest BCUT2D eigenvalue weighted by Crippen LogP contribution is 2.30. The van der Waals surface area contributed by atoms with Crippen LogP contribution >= 0.6 is 22.9 Å². The van der Waals surface area contributed by atoms with Gasteiger partial charge in [0.25, 0.3) is 0 Å². The van der Waals surface area contributed by atoms with Crippen LogP contribution in [0.5, 0.6) is 0 Å². The second-order valence-corrected chi connectivity index (χ2v) is 6.24. The molecular formula is C15H15ClN4S. The Morgan fingerprint density at radius 2 is 2.14 bits per heavy atom. The Kier molecular flexibility index (Phi) is 4.03. The highest BCUT2D eigenvalue weighted by Gasteiger charge is 2.10. The molecule has 0 aliphatic heterocycles. The van der Waals surface area contributed by atoms with Gasteiger partial charge in [-0.25, -0.2) is 9.97 Å². The van der Waals surface area contributed by atoms with E-state index < -0.39 is 0 Å². The lowest BCUT2D eigenvalue weighted by Crippen LogP contribution is -2.03. The van der Waals surface area contributed by atoms with Crippen molar-refractivity contribution in [2.75, 3.05) is 5.32 Å². The van der Waals surface area contributed by atoms with Gasteiger partial charge in [0.15, 0.2) is 0 Å². The number of aryl methyl sites for hydroxylation is 2. The molecule has 0 radical (unpaired) electrons. The predicted octanol–water partition coefficient (Wildman–Crippen LogP) is 4.22. The van der Waals surface area contributed by atoms with Crippen molar-refractivity contribution in [1.82, 2.24) is 15.0 Å². The summed E-state index contributed by atoms with van der Waals surface area (Å²) in [6.45, 7) is 4.76. The molecule has 0 saturated carbocycles. The zero-order valence-electron chi connectivity index (χ0n) is 11.9. The lowest BCUT2D eigenvalue weighted by molar-refractivity contribution is 1.07.